The van der Waals surface area contributed by atoms with Gasteiger partial charge in [-0.2, -0.15) is 5.10 Å². The molecule has 0 aromatic carbocycles. The van der Waals surface area contributed by atoms with Crippen LogP contribution in [-0.4, -0.2) is 41.9 Å². The first-order chi connectivity index (χ1) is 11.2. The van der Waals surface area contributed by atoms with E-state index in [1.165, 1.54) is 0 Å². The second-order valence-electron chi connectivity index (χ2n) is 5.86. The summed E-state index contributed by atoms with van der Waals surface area (Å²) < 4.78 is 1.83. The third kappa shape index (κ3) is 2.38. The van der Waals surface area contributed by atoms with Gasteiger partial charge in [0.05, 0.1) is 6.04 Å². The Labute approximate surface area is 133 Å². The molecule has 1 aliphatic heterocycles. The van der Waals surface area contributed by atoms with Crippen molar-refractivity contribution in [2.24, 2.45) is 0 Å². The number of carbonyl (C=O) groups excluding carboxylic acids is 1. The average Bonchev–Trinajstić information content (AvgIpc) is 3.22. The smallest absolute Gasteiger partial charge is 0.271 e. The highest BCUT2D eigenvalue weighted by Gasteiger charge is 2.32. The summed E-state index contributed by atoms with van der Waals surface area (Å²) in [5.41, 5.74) is 1.40. The highest BCUT2D eigenvalue weighted by molar-refractivity contribution is 5.93. The third-order valence-electron chi connectivity index (χ3n) is 4.32. The second-order valence-corrected chi connectivity index (χ2v) is 5.86. The molecule has 3 aromatic rings. The van der Waals surface area contributed by atoms with Crippen LogP contribution in [0.5, 0.6) is 0 Å². The number of amides is 1. The fraction of sp³-hybridized carbons (Fsp3) is 0.375. The molecule has 0 radical (unpaired) electrons. The SMILES string of the molecule is Cc1nc([C@H]2CCCCN2C(=O)c2cccc3nccn23)n[nH]1. The van der Waals surface area contributed by atoms with Gasteiger partial charge in [0.15, 0.2) is 5.82 Å². The lowest BCUT2D eigenvalue weighted by Crippen LogP contribution is -2.39. The summed E-state index contributed by atoms with van der Waals surface area (Å²) in [7, 11) is 0. The van der Waals surface area contributed by atoms with Gasteiger partial charge in [-0.1, -0.05) is 6.07 Å². The molecule has 23 heavy (non-hydrogen) atoms. The van der Waals surface area contributed by atoms with Crippen molar-refractivity contribution in [2.45, 2.75) is 32.2 Å². The Morgan fingerprint density at radius 2 is 2.26 bits per heavy atom. The number of H-pyrrole nitrogens is 1. The maximum atomic E-state index is 13.1. The Bertz CT molecular complexity index is 851. The minimum Gasteiger partial charge on any atom is -0.327 e. The largest absolute Gasteiger partial charge is 0.327 e. The first kappa shape index (κ1) is 13.9. The quantitative estimate of drug-likeness (QED) is 0.786. The van der Waals surface area contributed by atoms with Crippen LogP contribution in [0.1, 0.15) is 47.4 Å². The fourth-order valence-corrected chi connectivity index (χ4v) is 3.22. The fourth-order valence-electron chi connectivity index (χ4n) is 3.22. The molecule has 1 fully saturated rings. The molecule has 1 atom stereocenters. The number of hydrogen-bond acceptors (Lipinski definition) is 4. The van der Waals surface area contributed by atoms with Crippen molar-refractivity contribution in [2.75, 3.05) is 6.54 Å². The van der Waals surface area contributed by atoms with Crippen molar-refractivity contribution in [1.29, 1.82) is 0 Å². The Kier molecular flexibility index (Phi) is 3.33. The van der Waals surface area contributed by atoms with Gasteiger partial charge in [0, 0.05) is 18.9 Å². The predicted molar refractivity (Wildman–Crippen MR) is 83.9 cm³/mol. The highest BCUT2D eigenvalue weighted by atomic mass is 16.2. The monoisotopic (exact) mass is 310 g/mol. The lowest BCUT2D eigenvalue weighted by atomic mass is 10.0. The third-order valence-corrected chi connectivity index (χ3v) is 4.32. The number of rotatable bonds is 2. The number of carbonyl (C=O) groups is 1. The maximum absolute atomic E-state index is 13.1. The van der Waals surface area contributed by atoms with Gasteiger partial charge in [-0.05, 0) is 38.3 Å². The van der Waals surface area contributed by atoms with Crippen LogP contribution in [-0.2, 0) is 0 Å². The average molecular weight is 310 g/mol. The molecule has 4 rings (SSSR count). The molecule has 1 amide bonds. The number of imidazole rings is 1. The molecule has 1 aliphatic rings. The van der Waals surface area contributed by atoms with Crippen molar-refractivity contribution in [3.8, 4) is 0 Å². The lowest BCUT2D eigenvalue weighted by molar-refractivity contribution is 0.0592. The van der Waals surface area contributed by atoms with Crippen LogP contribution in [0, 0.1) is 6.92 Å². The first-order valence-electron chi connectivity index (χ1n) is 7.86. The van der Waals surface area contributed by atoms with Gasteiger partial charge >= 0.3 is 0 Å². The van der Waals surface area contributed by atoms with E-state index < -0.39 is 0 Å². The molecule has 0 unspecified atom stereocenters. The van der Waals surface area contributed by atoms with Gasteiger partial charge in [0.25, 0.3) is 5.91 Å². The molecule has 118 valence electrons. The van der Waals surface area contributed by atoms with Gasteiger partial charge in [-0.25, -0.2) is 9.97 Å². The molecular weight excluding hydrogens is 292 g/mol. The summed E-state index contributed by atoms with van der Waals surface area (Å²) in [6, 6.07) is 5.53. The van der Waals surface area contributed by atoms with Crippen molar-refractivity contribution in [3.63, 3.8) is 0 Å². The Hall–Kier alpha value is -2.70. The van der Waals surface area contributed by atoms with E-state index in [1.807, 2.05) is 40.6 Å². The van der Waals surface area contributed by atoms with Gasteiger partial charge in [0.1, 0.15) is 17.2 Å². The zero-order valence-electron chi connectivity index (χ0n) is 12.9. The molecule has 3 aromatic heterocycles. The molecular formula is C16H18N6O. The van der Waals surface area contributed by atoms with Crippen LogP contribution in [0.25, 0.3) is 5.65 Å². The summed E-state index contributed by atoms with van der Waals surface area (Å²) in [5.74, 6) is 1.48. The number of nitrogens with one attached hydrogen (secondary N) is 1. The van der Waals surface area contributed by atoms with Gasteiger partial charge < -0.3 is 4.90 Å². The number of nitrogens with zero attached hydrogens (tertiary/aromatic N) is 5. The van der Waals surface area contributed by atoms with Crippen LogP contribution in [0.4, 0.5) is 0 Å². The van der Waals surface area contributed by atoms with E-state index in [4.69, 9.17) is 0 Å². The standard InChI is InChI=1S/C16H18N6O/c1-11-18-15(20-19-11)12-5-2-3-9-22(12)16(23)13-6-4-7-14-17-8-10-21(13)14/h4,6-8,10,12H,2-3,5,9H2,1H3,(H,18,19,20)/t12-/m1/s1. The normalized spacial score (nSPS) is 18.5. The van der Waals surface area contributed by atoms with Crippen LogP contribution < -0.4 is 0 Å². The first-order valence-corrected chi connectivity index (χ1v) is 7.86. The highest BCUT2D eigenvalue weighted by Crippen LogP contribution is 2.30. The lowest BCUT2D eigenvalue weighted by Gasteiger charge is -2.34. The van der Waals surface area contributed by atoms with E-state index in [-0.39, 0.29) is 11.9 Å². The molecule has 0 aliphatic carbocycles. The maximum Gasteiger partial charge on any atom is 0.271 e. The summed E-state index contributed by atoms with van der Waals surface area (Å²) in [4.78, 5) is 23.7. The second kappa shape index (κ2) is 5.49. The summed E-state index contributed by atoms with van der Waals surface area (Å²) >= 11 is 0. The van der Waals surface area contributed by atoms with Gasteiger partial charge in [0.2, 0.25) is 0 Å². The van der Waals surface area contributed by atoms with Gasteiger partial charge in [-0.3, -0.25) is 14.3 Å². The number of aryl methyl sites for hydroxylation is 1. The van der Waals surface area contributed by atoms with Crippen LogP contribution in [0.3, 0.4) is 0 Å². The molecule has 7 heteroatoms. The molecule has 1 N–H and O–H groups in total. The molecule has 0 saturated carbocycles. The number of pyridine rings is 1. The zero-order valence-corrected chi connectivity index (χ0v) is 12.9. The van der Waals surface area contributed by atoms with Crippen molar-refractivity contribution < 1.29 is 4.79 Å². The number of likely N-dealkylation sites (tertiary alicyclic amines) is 1. The van der Waals surface area contributed by atoms with Crippen LogP contribution in [0.2, 0.25) is 0 Å². The summed E-state index contributed by atoms with van der Waals surface area (Å²) in [5, 5.41) is 7.15. The number of hydrogen-bond donors (Lipinski definition) is 1. The number of aromatic nitrogens is 5. The van der Waals surface area contributed by atoms with Crippen LogP contribution >= 0.6 is 0 Å². The Morgan fingerprint density at radius 3 is 3.09 bits per heavy atom. The summed E-state index contributed by atoms with van der Waals surface area (Å²) in [6.07, 6.45) is 6.50. The molecule has 4 heterocycles. The molecule has 1 saturated heterocycles. The minimum atomic E-state index is -0.0695. The van der Waals surface area contributed by atoms with Crippen molar-refractivity contribution >= 4 is 11.6 Å². The topological polar surface area (TPSA) is 79.2 Å². The van der Waals surface area contributed by atoms with Crippen molar-refractivity contribution in [3.05, 3.63) is 47.9 Å². The van der Waals surface area contributed by atoms with E-state index in [2.05, 4.69) is 20.2 Å². The Morgan fingerprint density at radius 1 is 1.35 bits per heavy atom. The van der Waals surface area contributed by atoms with Gasteiger partial charge in [-0.15, -0.1) is 0 Å². The number of fused-ring (bicyclic) bond motifs is 1. The molecule has 0 spiro atoms. The zero-order chi connectivity index (χ0) is 15.8. The van der Waals surface area contributed by atoms with Crippen molar-refractivity contribution in [1.82, 2.24) is 29.5 Å². The molecule has 0 bridgehead atoms. The minimum absolute atomic E-state index is 0.000697. The predicted octanol–water partition coefficient (Wildman–Crippen LogP) is 2.13. The van der Waals surface area contributed by atoms with E-state index in [0.717, 1.165) is 37.3 Å². The van der Waals surface area contributed by atoms with E-state index >= 15 is 0 Å². The van der Waals surface area contributed by atoms with Crippen LogP contribution in [0.15, 0.2) is 30.6 Å². The van der Waals surface area contributed by atoms with E-state index in [0.29, 0.717) is 11.5 Å². The summed E-state index contributed by atoms with van der Waals surface area (Å²) in [6.45, 7) is 2.60. The number of aromatic amines is 1. The molecule has 7 nitrogen and oxygen atoms in total. The van der Waals surface area contributed by atoms with E-state index in [1.54, 1.807) is 6.20 Å². The Balaban J connectivity index is 1.72. The van der Waals surface area contributed by atoms with E-state index in [9.17, 15) is 4.79 Å². The number of piperidine rings is 1.